The maximum Gasteiger partial charge on any atom is 0.221 e. The van der Waals surface area contributed by atoms with Crippen molar-refractivity contribution in [3.05, 3.63) is 23.3 Å². The van der Waals surface area contributed by atoms with Gasteiger partial charge in [-0.2, -0.15) is 0 Å². The summed E-state index contributed by atoms with van der Waals surface area (Å²) in [6.07, 6.45) is 10.9. The van der Waals surface area contributed by atoms with Gasteiger partial charge in [-0.3, -0.25) is 4.79 Å². The number of methoxy groups -OCH3 is 1. The normalized spacial score (nSPS) is 24.9. The van der Waals surface area contributed by atoms with E-state index in [1.54, 1.807) is 19.1 Å². The van der Waals surface area contributed by atoms with Crippen LogP contribution in [0.5, 0.6) is 5.75 Å². The van der Waals surface area contributed by atoms with E-state index in [1.807, 2.05) is 0 Å². The van der Waals surface area contributed by atoms with Crippen molar-refractivity contribution >= 4 is 17.9 Å². The van der Waals surface area contributed by atoms with E-state index < -0.39 is 0 Å². The molecule has 1 N–H and O–H groups in total. The molecule has 1 aromatic rings. The standard InChI is InChI=1S/C30H50N4O2S/c1-22-20-28(36-5)21-23(2)30(22)37-33(4)17-14-29(35)31-26-6-8-27(9-7-26)34-18-12-25(13-19-34)24-10-15-32(3)16-11-24/h20-21,24-27H,6-19H2,1-5H3,(H,31,35). The molecule has 6 nitrogen and oxygen atoms in total. The molecule has 208 valence electrons. The monoisotopic (exact) mass is 530 g/mol. The summed E-state index contributed by atoms with van der Waals surface area (Å²) in [7, 11) is 6.04. The second kappa shape index (κ2) is 13.7. The number of nitrogens with one attached hydrogen (secondary N) is 1. The van der Waals surface area contributed by atoms with E-state index in [2.05, 4.69) is 59.5 Å². The van der Waals surface area contributed by atoms with Crippen LogP contribution in [0.4, 0.5) is 0 Å². The quantitative estimate of drug-likeness (QED) is 0.447. The van der Waals surface area contributed by atoms with Crippen LogP contribution >= 0.6 is 11.9 Å². The molecular formula is C30H50N4O2S. The predicted octanol–water partition coefficient (Wildman–Crippen LogP) is 5.12. The molecule has 0 radical (unpaired) electrons. The number of hydrogen-bond acceptors (Lipinski definition) is 6. The van der Waals surface area contributed by atoms with Crippen molar-refractivity contribution in [1.82, 2.24) is 19.4 Å². The van der Waals surface area contributed by atoms with E-state index in [-0.39, 0.29) is 5.91 Å². The zero-order valence-corrected chi connectivity index (χ0v) is 24.7. The molecule has 37 heavy (non-hydrogen) atoms. The third-order valence-electron chi connectivity index (χ3n) is 9.15. The Bertz CT molecular complexity index is 849. The predicted molar refractivity (Wildman–Crippen MR) is 154 cm³/mol. The van der Waals surface area contributed by atoms with Crippen molar-refractivity contribution < 1.29 is 9.53 Å². The van der Waals surface area contributed by atoms with E-state index in [0.717, 1.165) is 43.0 Å². The summed E-state index contributed by atoms with van der Waals surface area (Å²) in [5.41, 5.74) is 2.42. The third-order valence-corrected chi connectivity index (χ3v) is 10.5. The smallest absolute Gasteiger partial charge is 0.221 e. The van der Waals surface area contributed by atoms with Crippen LogP contribution in [0.2, 0.25) is 0 Å². The fourth-order valence-corrected chi connectivity index (χ4v) is 7.67. The van der Waals surface area contributed by atoms with Gasteiger partial charge in [-0.25, -0.2) is 4.31 Å². The lowest BCUT2D eigenvalue weighted by Crippen LogP contribution is -2.47. The maximum atomic E-state index is 12.7. The van der Waals surface area contributed by atoms with Crippen molar-refractivity contribution in [2.24, 2.45) is 11.8 Å². The summed E-state index contributed by atoms with van der Waals surface area (Å²) in [5.74, 6) is 3.01. The molecule has 1 saturated carbocycles. The van der Waals surface area contributed by atoms with Gasteiger partial charge in [-0.1, -0.05) is 0 Å². The summed E-state index contributed by atoms with van der Waals surface area (Å²) in [5, 5.41) is 3.34. The lowest BCUT2D eigenvalue weighted by atomic mass is 9.78. The molecule has 2 aliphatic heterocycles. The van der Waals surface area contributed by atoms with Gasteiger partial charge in [0.2, 0.25) is 5.91 Å². The molecule has 4 rings (SSSR count). The molecule has 1 aliphatic carbocycles. The lowest BCUT2D eigenvalue weighted by Gasteiger charge is -2.43. The highest BCUT2D eigenvalue weighted by Gasteiger charge is 2.33. The van der Waals surface area contributed by atoms with E-state index >= 15 is 0 Å². The van der Waals surface area contributed by atoms with Crippen LogP contribution in [0.1, 0.15) is 68.9 Å². The van der Waals surface area contributed by atoms with Gasteiger partial charge in [0.05, 0.1) is 7.11 Å². The number of nitrogens with zero attached hydrogens (tertiary/aromatic N) is 3. The Balaban J connectivity index is 1.12. The Morgan fingerprint density at radius 3 is 2.11 bits per heavy atom. The summed E-state index contributed by atoms with van der Waals surface area (Å²) < 4.78 is 7.55. The topological polar surface area (TPSA) is 48.1 Å². The molecule has 0 spiro atoms. The summed E-state index contributed by atoms with van der Waals surface area (Å²) >= 11 is 1.72. The van der Waals surface area contributed by atoms with E-state index in [4.69, 9.17) is 4.74 Å². The van der Waals surface area contributed by atoms with Crippen molar-refractivity contribution in [2.45, 2.75) is 88.6 Å². The van der Waals surface area contributed by atoms with Gasteiger partial charge in [0.1, 0.15) is 5.75 Å². The Labute approximate surface area is 230 Å². The van der Waals surface area contributed by atoms with Crippen LogP contribution in [0.3, 0.4) is 0 Å². The Morgan fingerprint density at radius 2 is 1.54 bits per heavy atom. The van der Waals surface area contributed by atoms with Gasteiger partial charge >= 0.3 is 0 Å². The molecule has 2 saturated heterocycles. The minimum Gasteiger partial charge on any atom is -0.497 e. The number of piperidine rings is 2. The molecule has 1 aromatic carbocycles. The minimum absolute atomic E-state index is 0.193. The average molecular weight is 531 g/mol. The molecular weight excluding hydrogens is 480 g/mol. The third kappa shape index (κ3) is 8.11. The van der Waals surface area contributed by atoms with Gasteiger partial charge in [0.15, 0.2) is 0 Å². The highest BCUT2D eigenvalue weighted by molar-refractivity contribution is 7.97. The van der Waals surface area contributed by atoms with Gasteiger partial charge in [-0.15, -0.1) is 0 Å². The lowest BCUT2D eigenvalue weighted by molar-refractivity contribution is -0.122. The van der Waals surface area contributed by atoms with Crippen molar-refractivity contribution in [2.75, 3.05) is 53.9 Å². The van der Waals surface area contributed by atoms with Crippen molar-refractivity contribution in [3.63, 3.8) is 0 Å². The van der Waals surface area contributed by atoms with Crippen LogP contribution in [-0.4, -0.2) is 86.0 Å². The first-order valence-corrected chi connectivity index (χ1v) is 15.4. The second-order valence-corrected chi connectivity index (χ2v) is 13.1. The molecule has 0 aromatic heterocycles. The van der Waals surface area contributed by atoms with Crippen LogP contribution in [0.25, 0.3) is 0 Å². The Hall–Kier alpha value is -1.28. The van der Waals surface area contributed by atoms with Crippen LogP contribution in [0.15, 0.2) is 17.0 Å². The number of carbonyl (C=O) groups is 1. The van der Waals surface area contributed by atoms with Gasteiger partial charge in [0, 0.05) is 29.9 Å². The maximum absolute atomic E-state index is 12.7. The minimum atomic E-state index is 0.193. The van der Waals surface area contributed by atoms with Gasteiger partial charge < -0.3 is 19.9 Å². The van der Waals surface area contributed by atoms with Crippen molar-refractivity contribution in [3.8, 4) is 5.75 Å². The van der Waals surface area contributed by atoms with E-state index in [0.29, 0.717) is 12.5 Å². The zero-order chi connectivity index (χ0) is 26.4. The first kappa shape index (κ1) is 28.7. The molecule has 0 unspecified atom stereocenters. The summed E-state index contributed by atoms with van der Waals surface area (Å²) in [4.78, 5) is 19.2. The number of aryl methyl sites for hydroxylation is 2. The number of likely N-dealkylation sites (tertiary alicyclic amines) is 2. The number of amides is 1. The number of hydrogen-bond donors (Lipinski definition) is 1. The highest BCUT2D eigenvalue weighted by Crippen LogP contribution is 2.35. The first-order valence-electron chi connectivity index (χ1n) is 14.6. The summed E-state index contributed by atoms with van der Waals surface area (Å²) in [6, 6.07) is 5.23. The number of ether oxygens (including phenoxy) is 1. The van der Waals surface area contributed by atoms with E-state index in [1.165, 1.54) is 80.7 Å². The number of benzene rings is 1. The molecule has 3 fully saturated rings. The molecule has 7 heteroatoms. The average Bonchev–Trinajstić information content (AvgIpc) is 2.90. The van der Waals surface area contributed by atoms with Crippen molar-refractivity contribution in [1.29, 1.82) is 0 Å². The first-order chi connectivity index (χ1) is 17.8. The molecule has 0 atom stereocenters. The van der Waals surface area contributed by atoms with Gasteiger partial charge in [0.25, 0.3) is 0 Å². The second-order valence-electron chi connectivity index (χ2n) is 11.9. The molecule has 3 aliphatic rings. The molecule has 0 bridgehead atoms. The van der Waals surface area contributed by atoms with Crippen LogP contribution in [0, 0.1) is 25.7 Å². The summed E-state index contributed by atoms with van der Waals surface area (Å²) in [6.45, 7) is 10.1. The SMILES string of the molecule is COc1cc(C)c(SN(C)CCC(=O)NC2CCC(N3CCC(C4CCN(C)CC4)CC3)CC2)c(C)c1. The molecule has 2 heterocycles. The molecule has 1 amide bonds. The van der Waals surface area contributed by atoms with Crippen LogP contribution in [-0.2, 0) is 4.79 Å². The van der Waals surface area contributed by atoms with E-state index in [9.17, 15) is 4.79 Å². The number of carbonyl (C=O) groups excluding carboxylic acids is 1. The Morgan fingerprint density at radius 1 is 0.973 bits per heavy atom. The van der Waals surface area contributed by atoms with Gasteiger partial charge in [-0.05, 0) is 153 Å². The largest absolute Gasteiger partial charge is 0.497 e. The number of rotatable bonds is 9. The zero-order valence-electron chi connectivity index (χ0n) is 23.9. The highest BCUT2D eigenvalue weighted by atomic mass is 32.2. The fourth-order valence-electron chi connectivity index (χ4n) is 6.77. The van der Waals surface area contributed by atoms with Crippen LogP contribution < -0.4 is 10.1 Å². The Kier molecular flexibility index (Phi) is 10.6. The fraction of sp³-hybridized carbons (Fsp3) is 0.767.